The predicted molar refractivity (Wildman–Crippen MR) is 80.4 cm³/mol. The van der Waals surface area contributed by atoms with Crippen LogP contribution in [0.3, 0.4) is 0 Å². The third kappa shape index (κ3) is 2.45. The topological polar surface area (TPSA) is 42.1 Å². The molecule has 1 saturated carbocycles. The Bertz CT molecular complexity index is 623. The molecule has 1 aromatic carbocycles. The summed E-state index contributed by atoms with van der Waals surface area (Å²) in [5.41, 5.74) is 1.75. The number of benzene rings is 1. The van der Waals surface area contributed by atoms with Crippen LogP contribution < -0.4 is 4.74 Å². The molecule has 20 heavy (non-hydrogen) atoms. The summed E-state index contributed by atoms with van der Waals surface area (Å²) in [6, 6.07) is 5.88. The van der Waals surface area contributed by atoms with Gasteiger partial charge in [-0.2, -0.15) is 0 Å². The Morgan fingerprint density at radius 3 is 2.85 bits per heavy atom. The first kappa shape index (κ1) is 13.2. The number of aromatic amines is 1. The Kier molecular flexibility index (Phi) is 3.51. The third-order valence-electron chi connectivity index (χ3n) is 4.03. The number of aromatic nitrogens is 1. The molecule has 0 spiro atoms. The first-order valence-electron chi connectivity index (χ1n) is 7.45. The monoisotopic (exact) mass is 271 g/mol. The van der Waals surface area contributed by atoms with Crippen molar-refractivity contribution in [1.82, 2.24) is 4.98 Å². The van der Waals surface area contributed by atoms with E-state index in [1.165, 1.54) is 19.3 Å². The number of rotatable bonds is 5. The molecule has 0 saturated heterocycles. The van der Waals surface area contributed by atoms with E-state index in [2.05, 4.69) is 4.98 Å². The Balaban J connectivity index is 1.95. The van der Waals surface area contributed by atoms with Gasteiger partial charge >= 0.3 is 0 Å². The van der Waals surface area contributed by atoms with Gasteiger partial charge in [-0.1, -0.05) is 25.3 Å². The van der Waals surface area contributed by atoms with Gasteiger partial charge in [0, 0.05) is 23.7 Å². The molecule has 1 N–H and O–H groups in total. The van der Waals surface area contributed by atoms with Crippen molar-refractivity contribution in [1.29, 1.82) is 0 Å². The van der Waals surface area contributed by atoms with Gasteiger partial charge in [0.1, 0.15) is 5.75 Å². The number of ketones is 1. The number of ether oxygens (including phenoxy) is 1. The summed E-state index contributed by atoms with van der Waals surface area (Å²) >= 11 is 0. The normalized spacial score (nSPS) is 15.6. The number of carbonyl (C=O) groups is 1. The van der Waals surface area contributed by atoms with Crippen LogP contribution in [0, 0.1) is 5.92 Å². The highest BCUT2D eigenvalue weighted by molar-refractivity contribution is 6.10. The zero-order chi connectivity index (χ0) is 14.1. The van der Waals surface area contributed by atoms with Crippen LogP contribution in [0.5, 0.6) is 5.75 Å². The molecule has 1 heterocycles. The van der Waals surface area contributed by atoms with Crippen molar-refractivity contribution in [2.24, 2.45) is 5.92 Å². The van der Waals surface area contributed by atoms with Crippen molar-refractivity contribution in [3.8, 4) is 5.75 Å². The van der Waals surface area contributed by atoms with Gasteiger partial charge in [0.15, 0.2) is 5.78 Å². The van der Waals surface area contributed by atoms with Crippen LogP contribution in [0.2, 0.25) is 0 Å². The second-order valence-corrected chi connectivity index (χ2v) is 5.97. The third-order valence-corrected chi connectivity index (χ3v) is 4.03. The van der Waals surface area contributed by atoms with Crippen molar-refractivity contribution in [3.63, 3.8) is 0 Å². The number of hydrogen-bond donors (Lipinski definition) is 1. The second kappa shape index (κ2) is 5.31. The fraction of sp³-hybridized carbons (Fsp3) is 0.471. The molecule has 2 aromatic rings. The zero-order valence-electron chi connectivity index (χ0n) is 12.1. The van der Waals surface area contributed by atoms with Gasteiger partial charge < -0.3 is 9.72 Å². The Morgan fingerprint density at radius 2 is 2.20 bits per heavy atom. The van der Waals surface area contributed by atoms with Crippen LogP contribution in [0.15, 0.2) is 24.4 Å². The summed E-state index contributed by atoms with van der Waals surface area (Å²) in [6.45, 7) is 4.00. The van der Waals surface area contributed by atoms with E-state index in [1.54, 1.807) is 0 Å². The number of Topliss-reactive ketones (excluding diaryl/α,β-unsaturated/α-hetero) is 1. The van der Waals surface area contributed by atoms with Gasteiger partial charge in [-0.3, -0.25) is 4.79 Å². The maximum Gasteiger partial charge on any atom is 0.165 e. The lowest BCUT2D eigenvalue weighted by atomic mass is 9.81. The maximum absolute atomic E-state index is 12.5. The van der Waals surface area contributed by atoms with Crippen molar-refractivity contribution in [2.45, 2.75) is 45.6 Å². The van der Waals surface area contributed by atoms with Gasteiger partial charge in [0.2, 0.25) is 0 Å². The van der Waals surface area contributed by atoms with Crippen LogP contribution in [-0.4, -0.2) is 16.9 Å². The zero-order valence-corrected chi connectivity index (χ0v) is 12.1. The van der Waals surface area contributed by atoms with Crippen molar-refractivity contribution >= 4 is 16.7 Å². The molecule has 0 atom stereocenters. The highest BCUT2D eigenvalue weighted by atomic mass is 16.5. The van der Waals surface area contributed by atoms with E-state index in [9.17, 15) is 4.79 Å². The number of hydrogen-bond acceptors (Lipinski definition) is 2. The summed E-state index contributed by atoms with van der Waals surface area (Å²) in [6.07, 6.45) is 6.27. The Morgan fingerprint density at radius 1 is 1.40 bits per heavy atom. The lowest BCUT2D eigenvalue weighted by molar-refractivity contribution is 0.0938. The minimum Gasteiger partial charge on any atom is -0.490 e. The fourth-order valence-corrected chi connectivity index (χ4v) is 2.79. The van der Waals surface area contributed by atoms with Crippen LogP contribution in [-0.2, 0) is 0 Å². The highest BCUT2D eigenvalue weighted by Gasteiger charge is 2.23. The molecule has 106 valence electrons. The largest absolute Gasteiger partial charge is 0.490 e. The first-order chi connectivity index (χ1) is 9.65. The molecule has 1 aromatic heterocycles. The molecule has 0 aliphatic heterocycles. The molecule has 1 aliphatic rings. The molecule has 3 nitrogen and oxygen atoms in total. The highest BCUT2D eigenvalue weighted by Crippen LogP contribution is 2.34. The number of H-pyrrole nitrogens is 1. The predicted octanol–water partition coefficient (Wildman–Crippen LogP) is 4.33. The minimum atomic E-state index is 0.102. The number of nitrogens with one attached hydrogen (secondary N) is 1. The van der Waals surface area contributed by atoms with Crippen LogP contribution in [0.1, 0.15) is 49.9 Å². The van der Waals surface area contributed by atoms with E-state index >= 15 is 0 Å². The second-order valence-electron chi connectivity index (χ2n) is 5.97. The van der Waals surface area contributed by atoms with Crippen LogP contribution in [0.25, 0.3) is 10.9 Å². The Labute approximate surface area is 119 Å². The van der Waals surface area contributed by atoms with Crippen molar-refractivity contribution in [3.05, 3.63) is 30.0 Å². The molecule has 3 rings (SSSR count). The van der Waals surface area contributed by atoms with Gasteiger partial charge in [0.25, 0.3) is 0 Å². The quantitative estimate of drug-likeness (QED) is 0.822. The van der Waals surface area contributed by atoms with Crippen LogP contribution in [0.4, 0.5) is 0 Å². The lowest BCUT2D eigenvalue weighted by Gasteiger charge is -2.24. The molecular weight excluding hydrogens is 250 g/mol. The van der Waals surface area contributed by atoms with Gasteiger partial charge in [-0.15, -0.1) is 0 Å². The number of fused-ring (bicyclic) bond motifs is 1. The smallest absolute Gasteiger partial charge is 0.165 e. The molecule has 1 aliphatic carbocycles. The molecule has 0 bridgehead atoms. The molecule has 0 radical (unpaired) electrons. The van der Waals surface area contributed by atoms with Gasteiger partial charge in [0.05, 0.1) is 11.5 Å². The van der Waals surface area contributed by atoms with Crippen LogP contribution >= 0.6 is 0 Å². The van der Waals surface area contributed by atoms with Crippen molar-refractivity contribution in [2.75, 3.05) is 0 Å². The standard InChI is InChI=1S/C17H21NO2/c1-11(2)20-16-8-4-7-14-17(16)13(10-18-14)15(19)9-12-5-3-6-12/h4,7-8,10-12,18H,3,5-6,9H2,1-2H3. The van der Waals surface area contributed by atoms with Gasteiger partial charge in [-0.05, 0) is 31.9 Å². The van der Waals surface area contributed by atoms with Crippen molar-refractivity contribution < 1.29 is 9.53 Å². The SMILES string of the molecule is CC(C)Oc1cccc2[nH]cc(C(=O)CC3CCC3)c12. The lowest BCUT2D eigenvalue weighted by Crippen LogP contribution is -2.16. The summed E-state index contributed by atoms with van der Waals surface area (Å²) < 4.78 is 5.85. The Hall–Kier alpha value is -1.77. The van der Waals surface area contributed by atoms with E-state index in [0.29, 0.717) is 12.3 Å². The van der Waals surface area contributed by atoms with E-state index in [-0.39, 0.29) is 11.9 Å². The maximum atomic E-state index is 12.5. The molecular formula is C17H21NO2. The average molecular weight is 271 g/mol. The average Bonchev–Trinajstić information content (AvgIpc) is 2.78. The number of carbonyl (C=O) groups excluding carboxylic acids is 1. The fourth-order valence-electron chi connectivity index (χ4n) is 2.79. The molecule has 1 fully saturated rings. The summed E-state index contributed by atoms with van der Waals surface area (Å²) in [5, 5.41) is 0.936. The van der Waals surface area contributed by atoms with E-state index in [4.69, 9.17) is 4.74 Å². The molecule has 0 unspecified atom stereocenters. The summed E-state index contributed by atoms with van der Waals surface area (Å²) in [7, 11) is 0. The molecule has 0 amide bonds. The van der Waals surface area contributed by atoms with Gasteiger partial charge in [-0.25, -0.2) is 0 Å². The summed E-state index contributed by atoms with van der Waals surface area (Å²) in [5.74, 6) is 1.63. The summed E-state index contributed by atoms with van der Waals surface area (Å²) in [4.78, 5) is 15.7. The van der Waals surface area contributed by atoms with E-state index in [0.717, 1.165) is 22.2 Å². The molecule has 3 heteroatoms. The van der Waals surface area contributed by atoms with E-state index in [1.807, 2.05) is 38.2 Å². The van der Waals surface area contributed by atoms with E-state index < -0.39 is 0 Å². The first-order valence-corrected chi connectivity index (χ1v) is 7.45. The minimum absolute atomic E-state index is 0.102.